The quantitative estimate of drug-likeness (QED) is 0.333. The number of aromatic amines is 1. The Labute approximate surface area is 190 Å². The highest BCUT2D eigenvalue weighted by Crippen LogP contribution is 2.87. The maximum Gasteiger partial charge on any atom is 0.330 e. The number of hydrogen-bond acceptors (Lipinski definition) is 8. The number of alkyl halides is 1. The standard InChI is InChI=1S/C17H28FN2O5PS3Si/c1-17(2,3)30(4,5)25-14-11(10-23-26(27)28-8-9-29-26)24-15(13(14)18)20-7-6-12(21)19-16(20)22/h6-7,11,13-15,27H,8-10H2,1-5H3/p+1/t11-,13-,14-,15-/m1/s1. The van der Waals surface area contributed by atoms with Crippen molar-refractivity contribution in [3.05, 3.63) is 33.1 Å². The van der Waals surface area contributed by atoms with Gasteiger partial charge in [0.25, 0.3) is 5.56 Å². The Morgan fingerprint density at radius 1 is 1.37 bits per heavy atom. The van der Waals surface area contributed by atoms with E-state index >= 15 is 4.39 Å². The van der Waals surface area contributed by atoms with Crippen molar-refractivity contribution < 1.29 is 18.1 Å². The van der Waals surface area contributed by atoms with E-state index in [4.69, 9.17) is 25.9 Å². The van der Waals surface area contributed by atoms with Gasteiger partial charge in [-0.1, -0.05) is 20.8 Å². The summed E-state index contributed by atoms with van der Waals surface area (Å²) in [5, 5.41) is -2.07. The van der Waals surface area contributed by atoms with Gasteiger partial charge in [-0.25, -0.2) is 9.18 Å². The second-order valence-corrected chi connectivity index (χ2v) is 24.7. The highest BCUT2D eigenvalue weighted by molar-refractivity contribution is 9.15. The zero-order valence-electron chi connectivity index (χ0n) is 17.7. The highest BCUT2D eigenvalue weighted by Gasteiger charge is 2.54. The number of hydrogen-bond donors (Lipinski definition) is 2. The van der Waals surface area contributed by atoms with E-state index < -0.39 is 49.3 Å². The normalized spacial score (nSPS) is 29.4. The van der Waals surface area contributed by atoms with E-state index in [1.54, 1.807) is 22.8 Å². The first-order valence-electron chi connectivity index (χ1n) is 9.67. The molecule has 4 atom stereocenters. The minimum absolute atomic E-state index is 0.125. The number of ether oxygens (including phenoxy) is 1. The molecule has 2 fully saturated rings. The van der Waals surface area contributed by atoms with Crippen LogP contribution in [0, 0.1) is 0 Å². The smallest absolute Gasteiger partial charge is 0.330 e. The van der Waals surface area contributed by atoms with Crippen molar-refractivity contribution in [2.75, 3.05) is 18.1 Å². The van der Waals surface area contributed by atoms with E-state index in [-0.39, 0.29) is 11.6 Å². The summed E-state index contributed by atoms with van der Waals surface area (Å²) in [5.74, 6) is 1.94. The molecule has 0 spiro atoms. The predicted octanol–water partition coefficient (Wildman–Crippen LogP) is 4.27. The van der Waals surface area contributed by atoms with Crippen LogP contribution in [0.1, 0.15) is 27.0 Å². The van der Waals surface area contributed by atoms with E-state index in [9.17, 15) is 9.59 Å². The van der Waals surface area contributed by atoms with Gasteiger partial charge >= 0.3 is 10.8 Å². The van der Waals surface area contributed by atoms with Gasteiger partial charge in [-0.15, -0.1) is 0 Å². The van der Waals surface area contributed by atoms with Crippen molar-refractivity contribution in [3.8, 4) is 0 Å². The molecule has 7 nitrogen and oxygen atoms in total. The Bertz CT molecular complexity index is 874. The number of halogens is 1. The van der Waals surface area contributed by atoms with Gasteiger partial charge < -0.3 is 9.16 Å². The Morgan fingerprint density at radius 2 is 2.00 bits per heavy atom. The first kappa shape index (κ1) is 24.8. The van der Waals surface area contributed by atoms with Crippen molar-refractivity contribution in [2.24, 2.45) is 0 Å². The average Bonchev–Trinajstić information content (AvgIpc) is 3.18. The van der Waals surface area contributed by atoms with E-state index in [0.29, 0.717) is 0 Å². The van der Waals surface area contributed by atoms with Crippen LogP contribution in [-0.2, 0) is 13.7 Å². The summed E-state index contributed by atoms with van der Waals surface area (Å²) in [7, 11) is -2.33. The Hall–Kier alpha value is 0.187. The highest BCUT2D eigenvalue weighted by atomic mass is 33.4. The fourth-order valence-electron chi connectivity index (χ4n) is 2.92. The van der Waals surface area contributed by atoms with Crippen LogP contribution in [0.25, 0.3) is 0 Å². The lowest BCUT2D eigenvalue weighted by Gasteiger charge is -2.39. The van der Waals surface area contributed by atoms with E-state index in [2.05, 4.69) is 25.8 Å². The summed E-state index contributed by atoms with van der Waals surface area (Å²) in [4.78, 5) is 25.8. The summed E-state index contributed by atoms with van der Waals surface area (Å²) in [6.45, 7) is 10.5. The fraction of sp³-hybridized carbons (Fsp3) is 0.765. The molecule has 2 aliphatic heterocycles. The van der Waals surface area contributed by atoms with Gasteiger partial charge in [-0.3, -0.25) is 14.3 Å². The number of rotatable bonds is 6. The first-order valence-corrected chi connectivity index (χ1v) is 18.6. The molecular formula is C17H29FN2O5PS3Si+. The van der Waals surface area contributed by atoms with Crippen LogP contribution in [0.4, 0.5) is 4.39 Å². The summed E-state index contributed by atoms with van der Waals surface area (Å²) in [5.41, 5.74) is -1.27. The van der Waals surface area contributed by atoms with Crippen molar-refractivity contribution in [1.82, 2.24) is 9.55 Å². The van der Waals surface area contributed by atoms with Crippen LogP contribution < -0.4 is 11.2 Å². The van der Waals surface area contributed by atoms with Crippen LogP contribution in [-0.4, -0.2) is 54.4 Å². The Morgan fingerprint density at radius 3 is 2.57 bits per heavy atom. The van der Waals surface area contributed by atoms with Crippen LogP contribution in [0.5, 0.6) is 0 Å². The summed E-state index contributed by atoms with van der Waals surface area (Å²) >= 11 is 8.07. The van der Waals surface area contributed by atoms with E-state index in [1.165, 1.54) is 12.3 Å². The molecular weight excluding hydrogens is 486 g/mol. The molecule has 0 aromatic carbocycles. The molecule has 3 heterocycles. The van der Waals surface area contributed by atoms with Gasteiger partial charge in [0.15, 0.2) is 20.7 Å². The van der Waals surface area contributed by atoms with E-state index in [1.807, 2.05) is 13.1 Å². The maximum absolute atomic E-state index is 15.6. The summed E-state index contributed by atoms with van der Waals surface area (Å²) in [6, 6.07) is 1.17. The lowest BCUT2D eigenvalue weighted by Crippen LogP contribution is -2.49. The van der Waals surface area contributed by atoms with Gasteiger partial charge in [-0.05, 0) is 18.1 Å². The third kappa shape index (κ3) is 5.39. The molecule has 1 aromatic heterocycles. The zero-order valence-corrected chi connectivity index (χ0v) is 22.1. The molecule has 0 aliphatic carbocycles. The van der Waals surface area contributed by atoms with Gasteiger partial charge in [0.2, 0.25) is 0 Å². The number of nitrogens with one attached hydrogen (secondary N) is 1. The minimum atomic E-state index is -2.33. The van der Waals surface area contributed by atoms with Crippen LogP contribution in [0.3, 0.4) is 0 Å². The molecule has 30 heavy (non-hydrogen) atoms. The fourth-order valence-corrected chi connectivity index (χ4v) is 13.3. The molecule has 1 aromatic rings. The molecule has 3 rings (SSSR count). The van der Waals surface area contributed by atoms with Crippen molar-refractivity contribution in [3.63, 3.8) is 0 Å². The zero-order chi connectivity index (χ0) is 22.3. The van der Waals surface area contributed by atoms with E-state index in [0.717, 1.165) is 16.1 Å². The minimum Gasteiger partial charge on any atom is -0.408 e. The SMILES string of the molecule is CC(C)(C)[Si](C)(C)O[C@H]1[C@@H](F)[C@H](n2ccc(=O)[nH]c2=O)O[C@@H]1CO[P+]1(S)SCCS1. The monoisotopic (exact) mass is 515 g/mol. The molecule has 2 saturated heterocycles. The molecule has 13 heteroatoms. The van der Waals surface area contributed by atoms with Gasteiger partial charge in [0.1, 0.15) is 18.8 Å². The third-order valence-electron chi connectivity index (χ3n) is 5.62. The van der Waals surface area contributed by atoms with Crippen LogP contribution in [0.2, 0.25) is 18.1 Å². The first-order chi connectivity index (χ1) is 13.8. The van der Waals surface area contributed by atoms with Crippen molar-refractivity contribution in [2.45, 2.75) is 63.5 Å². The van der Waals surface area contributed by atoms with Crippen LogP contribution >= 0.6 is 40.1 Å². The summed E-state index contributed by atoms with van der Waals surface area (Å²) < 4.78 is 35.1. The summed E-state index contributed by atoms with van der Waals surface area (Å²) in [6.07, 6.45) is -3.11. The maximum atomic E-state index is 15.6. The average molecular weight is 516 g/mol. The topological polar surface area (TPSA) is 82.6 Å². The van der Waals surface area contributed by atoms with Gasteiger partial charge in [-0.2, -0.15) is 4.52 Å². The molecule has 0 amide bonds. The molecule has 2 aliphatic rings. The van der Waals surface area contributed by atoms with Crippen molar-refractivity contribution >= 4 is 48.4 Å². The molecule has 0 saturated carbocycles. The molecule has 0 unspecified atom stereocenters. The Kier molecular flexibility index (Phi) is 7.62. The lowest BCUT2D eigenvalue weighted by molar-refractivity contribution is -0.0415. The van der Waals surface area contributed by atoms with Crippen LogP contribution in [0.15, 0.2) is 21.9 Å². The third-order valence-corrected chi connectivity index (χ3v) is 20.3. The number of thiol groups is 1. The molecule has 0 bridgehead atoms. The molecule has 0 radical (unpaired) electrons. The van der Waals surface area contributed by atoms with Gasteiger partial charge in [0.05, 0.1) is 35.0 Å². The van der Waals surface area contributed by atoms with Gasteiger partial charge in [0, 0.05) is 23.8 Å². The second kappa shape index (κ2) is 9.21. The number of H-pyrrole nitrogens is 1. The predicted molar refractivity (Wildman–Crippen MR) is 129 cm³/mol. The van der Waals surface area contributed by atoms with Crippen molar-refractivity contribution in [1.29, 1.82) is 0 Å². The lowest BCUT2D eigenvalue weighted by atomic mass is 10.1. The molecule has 1 N–H and O–H groups in total. The number of nitrogens with zero attached hydrogens (tertiary/aromatic N) is 1. The Balaban J connectivity index is 1.86. The number of aromatic nitrogens is 2. The molecule has 170 valence electrons. The largest absolute Gasteiger partial charge is 0.408 e. The second-order valence-electron chi connectivity index (χ2n) is 8.80.